The fourth-order valence-corrected chi connectivity index (χ4v) is 6.87. The van der Waals surface area contributed by atoms with Gasteiger partial charge in [0.2, 0.25) is 11.9 Å². The number of aliphatic hydroxyl groups excluding tert-OH is 1. The van der Waals surface area contributed by atoms with Gasteiger partial charge in [-0.1, -0.05) is 18.2 Å². The number of aromatic carboxylic acids is 1. The number of carbonyl (C=O) groups excluding carboxylic acids is 2. The number of nitrogens with one attached hydrogen (secondary N) is 6. The third-order valence-corrected chi connectivity index (χ3v) is 9.90. The smallest absolute Gasteiger partial charge is 0.336 e. The summed E-state index contributed by atoms with van der Waals surface area (Å²) in [5, 5.41) is 54.4. The summed E-state index contributed by atoms with van der Waals surface area (Å²) in [6.07, 6.45) is 4.82. The summed E-state index contributed by atoms with van der Waals surface area (Å²) >= 11 is 5.39. The van der Waals surface area contributed by atoms with Crippen molar-refractivity contribution in [2.45, 2.75) is 31.5 Å². The number of aromatic hydroxyl groups is 1. The first kappa shape index (κ1) is 42.9. The number of phenols is 1. The molecule has 0 fully saturated rings. The number of rotatable bonds is 15. The van der Waals surface area contributed by atoms with Gasteiger partial charge in [-0.15, -0.1) is 0 Å². The fraction of sp³-hybridized carbons (Fsp3) is 0.167. The summed E-state index contributed by atoms with van der Waals surface area (Å²) in [6, 6.07) is 14.0. The van der Waals surface area contributed by atoms with Crippen LogP contribution in [0, 0.1) is 0 Å². The Morgan fingerprint density at radius 1 is 0.952 bits per heavy atom. The Hall–Kier alpha value is -8.17. The number of amides is 2. The van der Waals surface area contributed by atoms with Gasteiger partial charge in [-0.05, 0) is 78.8 Å². The normalized spacial score (nSPS) is 14.3. The van der Waals surface area contributed by atoms with Crippen LogP contribution in [0.1, 0.15) is 50.4 Å². The van der Waals surface area contributed by atoms with E-state index in [4.69, 9.17) is 22.7 Å². The van der Waals surface area contributed by atoms with E-state index in [9.17, 15) is 44.4 Å². The Bertz CT molecular complexity index is 2820. The van der Waals surface area contributed by atoms with Crippen LogP contribution in [-0.4, -0.2) is 94.5 Å². The van der Waals surface area contributed by atoms with E-state index < -0.39 is 41.5 Å². The lowest BCUT2D eigenvalue weighted by Gasteiger charge is -2.28. The number of aromatic amines is 1. The maximum absolute atomic E-state index is 12.9. The monoisotopic (exact) mass is 874 g/mol. The second kappa shape index (κ2) is 18.6. The molecule has 2 aliphatic rings. The lowest BCUT2D eigenvalue weighted by atomic mass is 9.85. The molecule has 5 aromatic rings. The number of hydrogen-bond donors (Lipinski definition) is 11. The molecule has 0 saturated heterocycles. The summed E-state index contributed by atoms with van der Waals surface area (Å²) in [5.41, 5.74) is 8.68. The molecule has 322 valence electrons. The number of benzene rings is 3. The standard InChI is InChI=1S/C42H38N10O10S/c43-41-51-36-35(38(57)52-41)48-23(19-47-36)18-46-21-3-1-20(2-4-21)37(56)50-30(40(60)61)11-12-33(55)44-13-14-45-42(63)49-22-5-8-26(29(15-22)39(58)59)34-27-9-6-24(53)16-31(27)62-32-17-25(54)7-10-28(32)34/h1-10,15-17,19,24,30,46,53-54H,11-14,18H2,(H,44,55)(H,50,56)(H,58,59)(H,60,61)(H2,45,49,63)(H3,43,47,51,52,57). The van der Waals surface area contributed by atoms with Crippen LogP contribution < -0.4 is 42.6 Å². The molecule has 0 saturated carbocycles. The van der Waals surface area contributed by atoms with Crippen molar-refractivity contribution in [2.75, 3.05) is 29.5 Å². The number of nitrogens with zero attached hydrogens (tertiary/aromatic N) is 3. The molecule has 63 heavy (non-hydrogen) atoms. The van der Waals surface area contributed by atoms with Crippen LogP contribution in [0.25, 0.3) is 16.7 Å². The SMILES string of the molecule is Nc1nc2ncc(CNc3ccc(C(=O)NC(CCC(=O)NCCNC(=S)Nc4ccc(C5=C6C=CC(O)C=C6Oc6cc(O)ccc65)c(C(=O)O)c4)C(=O)O)cc3)nc2c(=O)[nH]1. The number of H-pyrrole nitrogens is 1. The molecule has 2 unspecified atom stereocenters. The van der Waals surface area contributed by atoms with Gasteiger partial charge in [0.25, 0.3) is 11.5 Å². The van der Waals surface area contributed by atoms with Crippen molar-refractivity contribution in [3.8, 4) is 11.5 Å². The Morgan fingerprint density at radius 3 is 2.46 bits per heavy atom. The average molecular weight is 875 g/mol. The summed E-state index contributed by atoms with van der Waals surface area (Å²) in [4.78, 5) is 76.8. The first-order chi connectivity index (χ1) is 30.2. The van der Waals surface area contributed by atoms with Crippen LogP contribution >= 0.6 is 12.2 Å². The van der Waals surface area contributed by atoms with Gasteiger partial charge in [0, 0.05) is 59.2 Å². The Labute approximate surface area is 361 Å². The molecule has 2 aromatic heterocycles. The van der Waals surface area contributed by atoms with Gasteiger partial charge in [0.15, 0.2) is 16.3 Å². The fourth-order valence-electron chi connectivity index (χ4n) is 6.65. The van der Waals surface area contributed by atoms with E-state index >= 15 is 0 Å². The third-order valence-electron chi connectivity index (χ3n) is 9.65. The van der Waals surface area contributed by atoms with Crippen molar-refractivity contribution >= 4 is 75.1 Å². The van der Waals surface area contributed by atoms with Crippen molar-refractivity contribution in [3.63, 3.8) is 0 Å². The van der Waals surface area contributed by atoms with E-state index in [1.165, 1.54) is 42.6 Å². The lowest BCUT2D eigenvalue weighted by Crippen LogP contribution is -2.42. The number of phenolic OH excluding ortho intramolecular Hbond substituents is 1. The number of carboxylic acids is 2. The van der Waals surface area contributed by atoms with Crippen molar-refractivity contribution in [3.05, 3.63) is 135 Å². The van der Waals surface area contributed by atoms with Gasteiger partial charge in [-0.25, -0.2) is 19.6 Å². The number of hydrogen-bond acceptors (Lipinski definition) is 14. The minimum atomic E-state index is -1.35. The molecule has 2 atom stereocenters. The first-order valence-electron chi connectivity index (χ1n) is 19.1. The van der Waals surface area contributed by atoms with Gasteiger partial charge in [-0.2, -0.15) is 4.98 Å². The van der Waals surface area contributed by atoms with Crippen molar-refractivity contribution < 1.29 is 44.3 Å². The van der Waals surface area contributed by atoms with Gasteiger partial charge >= 0.3 is 11.9 Å². The minimum absolute atomic E-state index is 0.0335. The Kier molecular flexibility index (Phi) is 12.7. The van der Waals surface area contributed by atoms with Crippen LogP contribution in [0.3, 0.4) is 0 Å². The predicted octanol–water partition coefficient (Wildman–Crippen LogP) is 2.39. The number of ether oxygens (including phenoxy) is 1. The molecule has 0 spiro atoms. The van der Waals surface area contributed by atoms with Gasteiger partial charge in [0.1, 0.15) is 23.3 Å². The van der Waals surface area contributed by atoms with Crippen LogP contribution in [0.15, 0.2) is 101 Å². The van der Waals surface area contributed by atoms with Crippen LogP contribution in [-0.2, 0) is 16.1 Å². The molecule has 0 bridgehead atoms. The number of allylic oxidation sites excluding steroid dienone is 1. The topological polar surface area (TPSA) is 316 Å². The maximum atomic E-state index is 12.9. The highest BCUT2D eigenvalue weighted by Crippen LogP contribution is 2.45. The second-order valence-electron chi connectivity index (χ2n) is 14.1. The van der Waals surface area contributed by atoms with E-state index in [0.29, 0.717) is 50.9 Å². The van der Waals surface area contributed by atoms with E-state index in [0.717, 1.165) is 0 Å². The number of aliphatic hydroxyl groups is 1. The van der Waals surface area contributed by atoms with E-state index in [1.54, 1.807) is 42.5 Å². The molecule has 0 radical (unpaired) electrons. The lowest BCUT2D eigenvalue weighted by molar-refractivity contribution is -0.139. The number of aliphatic carboxylic acids is 1. The zero-order valence-corrected chi connectivity index (χ0v) is 33.7. The molecule has 7 rings (SSSR count). The zero-order chi connectivity index (χ0) is 44.8. The van der Waals surface area contributed by atoms with E-state index in [1.807, 2.05) is 0 Å². The highest BCUT2D eigenvalue weighted by molar-refractivity contribution is 7.80. The molecule has 1 aliphatic carbocycles. The minimum Gasteiger partial charge on any atom is -0.508 e. The molecule has 12 N–H and O–H groups in total. The number of carboxylic acid groups (broad SMARTS) is 2. The summed E-state index contributed by atoms with van der Waals surface area (Å²) in [7, 11) is 0. The number of fused-ring (bicyclic) bond motifs is 3. The Balaban J connectivity index is 0.867. The summed E-state index contributed by atoms with van der Waals surface area (Å²) in [5.74, 6) is -3.17. The number of anilines is 3. The van der Waals surface area contributed by atoms with Crippen LogP contribution in [0.4, 0.5) is 17.3 Å². The molecule has 20 nitrogen and oxygen atoms in total. The zero-order valence-electron chi connectivity index (χ0n) is 32.8. The summed E-state index contributed by atoms with van der Waals surface area (Å²) < 4.78 is 5.94. The highest BCUT2D eigenvalue weighted by Gasteiger charge is 2.30. The van der Waals surface area contributed by atoms with Crippen LogP contribution in [0.2, 0.25) is 0 Å². The molecular weight excluding hydrogens is 837 g/mol. The quantitative estimate of drug-likeness (QED) is 0.0531. The second-order valence-corrected chi connectivity index (χ2v) is 14.5. The van der Waals surface area contributed by atoms with E-state index in [2.05, 4.69) is 46.5 Å². The van der Waals surface area contributed by atoms with Gasteiger partial charge in [-0.3, -0.25) is 19.4 Å². The predicted molar refractivity (Wildman–Crippen MR) is 233 cm³/mol. The molecule has 2 amide bonds. The van der Waals surface area contributed by atoms with Crippen molar-refractivity contribution in [1.29, 1.82) is 0 Å². The van der Waals surface area contributed by atoms with Gasteiger partial charge in [0.05, 0.1) is 30.1 Å². The number of thiocarbonyl (C=S) groups is 1. The number of aromatic nitrogens is 4. The Morgan fingerprint density at radius 2 is 1.70 bits per heavy atom. The summed E-state index contributed by atoms with van der Waals surface area (Å²) in [6.45, 7) is 0.466. The number of nitrogens with two attached hydrogens (primary N) is 1. The van der Waals surface area contributed by atoms with Crippen molar-refractivity contribution in [1.82, 2.24) is 35.9 Å². The molecule has 1 aliphatic heterocycles. The van der Waals surface area contributed by atoms with Crippen LogP contribution in [0.5, 0.6) is 11.5 Å². The average Bonchev–Trinajstić information content (AvgIpc) is 3.25. The maximum Gasteiger partial charge on any atom is 0.336 e. The van der Waals surface area contributed by atoms with Gasteiger partial charge < -0.3 is 57.5 Å². The number of carbonyl (C=O) groups is 4. The molecular formula is C42H38N10O10S. The van der Waals surface area contributed by atoms with Crippen molar-refractivity contribution in [2.24, 2.45) is 0 Å². The molecule has 3 aromatic carbocycles. The first-order valence-corrected chi connectivity index (χ1v) is 19.6. The third kappa shape index (κ3) is 10.2. The highest BCUT2D eigenvalue weighted by atomic mass is 32.1. The number of nitrogen functional groups attached to an aromatic ring is 1. The largest absolute Gasteiger partial charge is 0.508 e. The molecule has 21 heteroatoms. The molecule has 3 heterocycles. The van der Waals surface area contributed by atoms with E-state index in [-0.39, 0.29) is 71.6 Å².